The molecule has 1 atom stereocenters. The number of hydrogen-bond donors (Lipinski definition) is 1. The maximum Gasteiger partial charge on any atom is 0.338 e. The van der Waals surface area contributed by atoms with E-state index in [1.54, 1.807) is 6.20 Å². The van der Waals surface area contributed by atoms with Crippen LogP contribution >= 0.6 is 0 Å². The molecule has 7 heteroatoms. The van der Waals surface area contributed by atoms with Crippen molar-refractivity contribution in [3.05, 3.63) is 65.9 Å². The third-order valence-electron chi connectivity index (χ3n) is 4.03. The predicted molar refractivity (Wildman–Crippen MR) is 97.1 cm³/mol. The maximum atomic E-state index is 12.6. The zero-order valence-corrected chi connectivity index (χ0v) is 15.0. The quantitative estimate of drug-likeness (QED) is 0.550. The summed E-state index contributed by atoms with van der Waals surface area (Å²) in [6.45, 7) is 1.51. The number of benzene rings is 2. The molecule has 134 valence electrons. The van der Waals surface area contributed by atoms with E-state index in [0.29, 0.717) is 5.56 Å². The Balaban J connectivity index is 1.75. The number of Topliss-reactive ketones (excluding diaryl/α,β-unsaturated/α-hetero) is 1. The highest BCUT2D eigenvalue weighted by molar-refractivity contribution is 7.90. The lowest BCUT2D eigenvalue weighted by Gasteiger charge is -2.12. The summed E-state index contributed by atoms with van der Waals surface area (Å²) >= 11 is 0. The summed E-state index contributed by atoms with van der Waals surface area (Å²) in [5.74, 6) is -1.01. The number of H-pyrrole nitrogens is 1. The molecule has 1 heterocycles. The SMILES string of the molecule is C[C@H](OC(=O)c1ccc(S(C)(=O)=O)cc1)C(=O)c1c[nH]c2ccccc12. The van der Waals surface area contributed by atoms with E-state index in [1.807, 2.05) is 24.3 Å². The van der Waals surface area contributed by atoms with Crippen LogP contribution < -0.4 is 0 Å². The fourth-order valence-electron chi connectivity index (χ4n) is 2.61. The second kappa shape index (κ2) is 6.76. The number of nitrogens with one attached hydrogen (secondary N) is 1. The van der Waals surface area contributed by atoms with Crippen LogP contribution in [0.3, 0.4) is 0 Å². The van der Waals surface area contributed by atoms with Crippen molar-refractivity contribution in [3.63, 3.8) is 0 Å². The number of esters is 1. The molecule has 0 aliphatic carbocycles. The minimum absolute atomic E-state index is 0.108. The van der Waals surface area contributed by atoms with Crippen molar-refractivity contribution in [1.82, 2.24) is 4.98 Å². The van der Waals surface area contributed by atoms with E-state index in [2.05, 4.69) is 4.98 Å². The van der Waals surface area contributed by atoms with E-state index in [1.165, 1.54) is 31.2 Å². The first-order chi connectivity index (χ1) is 12.3. The average Bonchev–Trinajstić information content (AvgIpc) is 3.04. The van der Waals surface area contributed by atoms with Crippen molar-refractivity contribution < 1.29 is 22.7 Å². The molecular weight excluding hydrogens is 354 g/mol. The van der Waals surface area contributed by atoms with Crippen LogP contribution in [0.5, 0.6) is 0 Å². The van der Waals surface area contributed by atoms with Crippen molar-refractivity contribution in [2.45, 2.75) is 17.9 Å². The van der Waals surface area contributed by atoms with E-state index in [0.717, 1.165) is 17.2 Å². The molecule has 0 saturated heterocycles. The second-order valence-corrected chi connectivity index (χ2v) is 7.97. The van der Waals surface area contributed by atoms with Crippen molar-refractivity contribution in [2.24, 2.45) is 0 Å². The van der Waals surface area contributed by atoms with Gasteiger partial charge < -0.3 is 9.72 Å². The molecule has 1 aromatic heterocycles. The molecule has 0 bridgehead atoms. The molecule has 0 unspecified atom stereocenters. The zero-order valence-electron chi connectivity index (χ0n) is 14.2. The second-order valence-electron chi connectivity index (χ2n) is 5.96. The summed E-state index contributed by atoms with van der Waals surface area (Å²) in [5, 5.41) is 0.762. The number of rotatable bonds is 5. The van der Waals surface area contributed by atoms with Gasteiger partial charge in [0.05, 0.1) is 10.5 Å². The number of carbonyl (C=O) groups excluding carboxylic acids is 2. The Morgan fingerprint density at radius 1 is 1.04 bits per heavy atom. The number of hydrogen-bond acceptors (Lipinski definition) is 5. The van der Waals surface area contributed by atoms with Crippen LogP contribution in [-0.2, 0) is 14.6 Å². The molecule has 2 aromatic carbocycles. The molecule has 0 saturated carbocycles. The number of aromatic amines is 1. The van der Waals surface area contributed by atoms with Crippen LogP contribution in [0, 0.1) is 0 Å². The predicted octanol–water partition coefficient (Wildman–Crippen LogP) is 3.00. The number of fused-ring (bicyclic) bond motifs is 1. The molecule has 3 rings (SSSR count). The number of carbonyl (C=O) groups is 2. The van der Waals surface area contributed by atoms with Crippen molar-refractivity contribution >= 4 is 32.5 Å². The largest absolute Gasteiger partial charge is 0.451 e. The summed E-state index contributed by atoms with van der Waals surface area (Å²) < 4.78 is 28.2. The Morgan fingerprint density at radius 3 is 2.35 bits per heavy atom. The molecule has 26 heavy (non-hydrogen) atoms. The van der Waals surface area contributed by atoms with Crippen molar-refractivity contribution in [2.75, 3.05) is 6.26 Å². The van der Waals surface area contributed by atoms with Crippen LogP contribution in [-0.4, -0.2) is 37.5 Å². The number of ketones is 1. The van der Waals surface area contributed by atoms with E-state index >= 15 is 0 Å². The molecule has 0 amide bonds. The summed E-state index contributed by atoms with van der Waals surface area (Å²) in [5.41, 5.74) is 1.45. The minimum Gasteiger partial charge on any atom is -0.451 e. The van der Waals surface area contributed by atoms with Crippen LogP contribution in [0.15, 0.2) is 59.6 Å². The molecule has 3 aromatic rings. The van der Waals surface area contributed by atoms with Gasteiger partial charge in [-0.1, -0.05) is 18.2 Å². The molecule has 0 aliphatic heterocycles. The van der Waals surface area contributed by atoms with Crippen molar-refractivity contribution in [1.29, 1.82) is 0 Å². The summed E-state index contributed by atoms with van der Waals surface area (Å²) in [4.78, 5) is 27.9. The van der Waals surface area contributed by atoms with E-state index < -0.39 is 21.9 Å². The van der Waals surface area contributed by atoms with Crippen LogP contribution in [0.25, 0.3) is 10.9 Å². The number of sulfone groups is 1. The highest BCUT2D eigenvalue weighted by atomic mass is 32.2. The van der Waals surface area contributed by atoms with Gasteiger partial charge >= 0.3 is 5.97 Å². The number of para-hydroxylation sites is 1. The van der Waals surface area contributed by atoms with E-state index in [9.17, 15) is 18.0 Å². The summed E-state index contributed by atoms with van der Waals surface area (Å²) in [6, 6.07) is 12.7. The molecule has 0 fully saturated rings. The van der Waals surface area contributed by atoms with Gasteiger partial charge in [0.1, 0.15) is 0 Å². The van der Waals surface area contributed by atoms with Crippen LogP contribution in [0.1, 0.15) is 27.6 Å². The van der Waals surface area contributed by atoms with Crippen LogP contribution in [0.2, 0.25) is 0 Å². The molecule has 0 spiro atoms. The number of ether oxygens (including phenoxy) is 1. The van der Waals surface area contributed by atoms with Crippen LogP contribution in [0.4, 0.5) is 0 Å². The lowest BCUT2D eigenvalue weighted by molar-refractivity contribution is 0.0319. The third kappa shape index (κ3) is 3.52. The van der Waals surface area contributed by atoms with Gasteiger partial charge in [-0.25, -0.2) is 13.2 Å². The summed E-state index contributed by atoms with van der Waals surface area (Å²) in [6.07, 6.45) is 1.71. The molecular formula is C19H17NO5S. The van der Waals surface area contributed by atoms with Gasteiger partial charge in [0.2, 0.25) is 5.78 Å². The Kier molecular flexibility index (Phi) is 4.65. The Morgan fingerprint density at radius 2 is 1.69 bits per heavy atom. The molecule has 0 aliphatic rings. The molecule has 1 N–H and O–H groups in total. The topological polar surface area (TPSA) is 93.3 Å². The van der Waals surface area contributed by atoms with E-state index in [-0.39, 0.29) is 16.2 Å². The van der Waals surface area contributed by atoms with Gasteiger partial charge in [-0.05, 0) is 37.3 Å². The monoisotopic (exact) mass is 371 g/mol. The average molecular weight is 371 g/mol. The van der Waals surface area contributed by atoms with Gasteiger partial charge in [0.15, 0.2) is 15.9 Å². The fraction of sp³-hybridized carbons (Fsp3) is 0.158. The fourth-order valence-corrected chi connectivity index (χ4v) is 3.25. The van der Waals surface area contributed by atoms with E-state index in [4.69, 9.17) is 4.74 Å². The first-order valence-corrected chi connectivity index (χ1v) is 9.78. The minimum atomic E-state index is -3.34. The Hall–Kier alpha value is -2.93. The lowest BCUT2D eigenvalue weighted by atomic mass is 10.1. The van der Waals surface area contributed by atoms with Gasteiger partial charge in [-0.3, -0.25) is 4.79 Å². The highest BCUT2D eigenvalue weighted by Gasteiger charge is 2.23. The third-order valence-corrected chi connectivity index (χ3v) is 5.15. The standard InChI is InChI=1S/C19H17NO5S/c1-12(18(21)16-11-20-17-6-4-3-5-15(16)17)25-19(22)13-7-9-14(10-8-13)26(2,23)24/h3-12,20H,1-2H3/t12-/m0/s1. The Bertz CT molecular complexity index is 1080. The number of aromatic nitrogens is 1. The summed E-state index contributed by atoms with van der Waals surface area (Å²) in [7, 11) is -3.34. The smallest absolute Gasteiger partial charge is 0.338 e. The zero-order chi connectivity index (χ0) is 18.9. The van der Waals surface area contributed by atoms with Gasteiger partial charge in [0.25, 0.3) is 0 Å². The first-order valence-electron chi connectivity index (χ1n) is 7.89. The maximum absolute atomic E-state index is 12.6. The van der Waals surface area contributed by atoms with Gasteiger partial charge in [0, 0.05) is 28.9 Å². The highest BCUT2D eigenvalue weighted by Crippen LogP contribution is 2.20. The Labute approximate surface area is 150 Å². The van der Waals surface area contributed by atoms with Gasteiger partial charge in [-0.2, -0.15) is 0 Å². The van der Waals surface area contributed by atoms with Crippen molar-refractivity contribution in [3.8, 4) is 0 Å². The molecule has 0 radical (unpaired) electrons. The first kappa shape index (κ1) is 17.9. The van der Waals surface area contributed by atoms with Gasteiger partial charge in [-0.15, -0.1) is 0 Å². The molecule has 6 nitrogen and oxygen atoms in total. The lowest BCUT2D eigenvalue weighted by Crippen LogP contribution is -2.24. The normalized spacial score (nSPS) is 12.7.